The maximum atomic E-state index is 11.4. The second kappa shape index (κ2) is 9.19. The Hall–Kier alpha value is -2.39. The Kier molecular flexibility index (Phi) is 6.96. The summed E-state index contributed by atoms with van der Waals surface area (Å²) in [5, 5.41) is 2.41. The van der Waals surface area contributed by atoms with Gasteiger partial charge in [0.15, 0.2) is 0 Å². The largest absolute Gasteiger partial charge is 0.465 e. The Morgan fingerprint density at radius 2 is 1.40 bits per heavy atom. The normalized spacial score (nSPS) is 10.4. The third-order valence-corrected chi connectivity index (χ3v) is 4.12. The van der Waals surface area contributed by atoms with E-state index < -0.39 is 0 Å². The van der Waals surface area contributed by atoms with Gasteiger partial charge >= 0.3 is 5.97 Å². The highest BCUT2D eigenvalue weighted by Crippen LogP contribution is 2.22. The van der Waals surface area contributed by atoms with Gasteiger partial charge in [-0.1, -0.05) is 72.3 Å². The fourth-order valence-electron chi connectivity index (χ4n) is 2.38. The average molecular weight is 397 g/mol. The summed E-state index contributed by atoms with van der Waals surface area (Å²) in [5.74, 6) is -0.318. The standard InChI is InChI=1S/C20H15BrO2.C2H6/c1-23-20(22)16-7-4-14(5-8-16)2-3-15-6-9-18-13-19(21)11-10-17(18)12-15;1-2/h2-13H,1H3;1-2H3/b3-2+;. The predicted octanol–water partition coefficient (Wildman–Crippen LogP) is 6.59. The van der Waals surface area contributed by atoms with Crippen LogP contribution in [0.25, 0.3) is 22.9 Å². The van der Waals surface area contributed by atoms with Gasteiger partial charge in [-0.3, -0.25) is 0 Å². The number of ether oxygens (including phenoxy) is 1. The Labute approximate surface area is 157 Å². The SMILES string of the molecule is CC.COC(=O)c1ccc(/C=C/c2ccc3cc(Br)ccc3c2)cc1. The zero-order valence-corrected chi connectivity index (χ0v) is 16.2. The van der Waals surface area contributed by atoms with E-state index in [0.717, 1.165) is 15.6 Å². The van der Waals surface area contributed by atoms with Crippen molar-refractivity contribution < 1.29 is 9.53 Å². The zero-order valence-electron chi connectivity index (χ0n) is 14.6. The first-order chi connectivity index (χ1) is 12.2. The minimum absolute atomic E-state index is 0.318. The van der Waals surface area contributed by atoms with Crippen molar-refractivity contribution in [3.8, 4) is 0 Å². The van der Waals surface area contributed by atoms with Crippen LogP contribution in [0.4, 0.5) is 0 Å². The first kappa shape index (κ1) is 18.9. The van der Waals surface area contributed by atoms with Crippen molar-refractivity contribution in [2.24, 2.45) is 0 Å². The van der Waals surface area contributed by atoms with Gasteiger partial charge in [0.25, 0.3) is 0 Å². The summed E-state index contributed by atoms with van der Waals surface area (Å²) in [6, 6.07) is 19.9. The van der Waals surface area contributed by atoms with E-state index in [2.05, 4.69) is 52.3 Å². The van der Waals surface area contributed by atoms with Gasteiger partial charge in [0.1, 0.15) is 0 Å². The fourth-order valence-corrected chi connectivity index (χ4v) is 2.76. The number of hydrogen-bond acceptors (Lipinski definition) is 2. The number of halogens is 1. The molecule has 25 heavy (non-hydrogen) atoms. The fraction of sp³-hybridized carbons (Fsp3) is 0.136. The van der Waals surface area contributed by atoms with Gasteiger partial charge in [0.05, 0.1) is 12.7 Å². The Balaban J connectivity index is 0.00000109. The number of methoxy groups -OCH3 is 1. The van der Waals surface area contributed by atoms with E-state index in [1.807, 2.05) is 38.1 Å². The van der Waals surface area contributed by atoms with Gasteiger partial charge in [-0.15, -0.1) is 0 Å². The number of carbonyl (C=O) groups excluding carboxylic acids is 1. The molecule has 3 aromatic rings. The minimum Gasteiger partial charge on any atom is -0.465 e. The molecule has 0 fully saturated rings. The molecular formula is C22H21BrO2. The van der Waals surface area contributed by atoms with Crippen molar-refractivity contribution in [3.05, 3.63) is 81.8 Å². The van der Waals surface area contributed by atoms with E-state index in [-0.39, 0.29) is 5.97 Å². The van der Waals surface area contributed by atoms with E-state index in [1.165, 1.54) is 17.9 Å². The maximum absolute atomic E-state index is 11.4. The quantitative estimate of drug-likeness (QED) is 0.368. The lowest BCUT2D eigenvalue weighted by Gasteiger charge is -2.01. The highest BCUT2D eigenvalue weighted by atomic mass is 79.9. The van der Waals surface area contributed by atoms with Crippen LogP contribution in [0, 0.1) is 0 Å². The van der Waals surface area contributed by atoms with Crippen molar-refractivity contribution in [2.75, 3.05) is 7.11 Å². The molecule has 0 aliphatic carbocycles. The molecule has 0 unspecified atom stereocenters. The van der Waals surface area contributed by atoms with Crippen LogP contribution in [-0.2, 0) is 4.74 Å². The van der Waals surface area contributed by atoms with Crippen molar-refractivity contribution >= 4 is 44.8 Å². The molecule has 0 saturated heterocycles. The van der Waals surface area contributed by atoms with Crippen LogP contribution in [0.1, 0.15) is 35.3 Å². The Bertz CT molecular complexity index is 880. The average Bonchev–Trinajstić information content (AvgIpc) is 2.67. The number of fused-ring (bicyclic) bond motifs is 1. The molecule has 0 bridgehead atoms. The highest BCUT2D eigenvalue weighted by Gasteiger charge is 2.03. The summed E-state index contributed by atoms with van der Waals surface area (Å²) in [4.78, 5) is 11.4. The summed E-state index contributed by atoms with van der Waals surface area (Å²) in [6.07, 6.45) is 4.09. The summed E-state index contributed by atoms with van der Waals surface area (Å²) in [6.45, 7) is 4.00. The summed E-state index contributed by atoms with van der Waals surface area (Å²) >= 11 is 3.49. The van der Waals surface area contributed by atoms with Crippen LogP contribution in [0.5, 0.6) is 0 Å². The van der Waals surface area contributed by atoms with Gasteiger partial charge in [0.2, 0.25) is 0 Å². The lowest BCUT2D eigenvalue weighted by Crippen LogP contribution is -2.00. The van der Waals surface area contributed by atoms with Crippen molar-refractivity contribution in [1.29, 1.82) is 0 Å². The molecule has 0 amide bonds. The van der Waals surface area contributed by atoms with Gasteiger partial charge in [-0.05, 0) is 52.2 Å². The Morgan fingerprint density at radius 1 is 0.840 bits per heavy atom. The maximum Gasteiger partial charge on any atom is 0.337 e. The van der Waals surface area contributed by atoms with E-state index in [9.17, 15) is 4.79 Å². The predicted molar refractivity (Wildman–Crippen MR) is 110 cm³/mol. The molecule has 0 heterocycles. The molecule has 0 N–H and O–H groups in total. The van der Waals surface area contributed by atoms with Gasteiger partial charge in [-0.25, -0.2) is 4.79 Å². The van der Waals surface area contributed by atoms with Gasteiger partial charge in [-0.2, -0.15) is 0 Å². The molecule has 0 aromatic heterocycles. The number of carbonyl (C=O) groups is 1. The molecule has 0 spiro atoms. The Morgan fingerprint density at radius 3 is 2.08 bits per heavy atom. The monoisotopic (exact) mass is 396 g/mol. The molecule has 3 rings (SSSR count). The van der Waals surface area contributed by atoms with Crippen LogP contribution in [0.3, 0.4) is 0 Å². The second-order valence-corrected chi connectivity index (χ2v) is 6.11. The molecule has 3 aromatic carbocycles. The lowest BCUT2D eigenvalue weighted by atomic mass is 10.1. The molecule has 0 atom stereocenters. The molecule has 3 heteroatoms. The van der Waals surface area contributed by atoms with Crippen LogP contribution in [-0.4, -0.2) is 13.1 Å². The molecule has 0 radical (unpaired) electrons. The summed E-state index contributed by atoms with van der Waals surface area (Å²) < 4.78 is 5.78. The van der Waals surface area contributed by atoms with Crippen LogP contribution in [0.2, 0.25) is 0 Å². The number of rotatable bonds is 3. The number of esters is 1. The number of hydrogen-bond donors (Lipinski definition) is 0. The van der Waals surface area contributed by atoms with Crippen LogP contribution in [0.15, 0.2) is 65.1 Å². The first-order valence-corrected chi connectivity index (χ1v) is 9.01. The van der Waals surface area contributed by atoms with Crippen molar-refractivity contribution in [2.45, 2.75) is 13.8 Å². The topological polar surface area (TPSA) is 26.3 Å². The third-order valence-electron chi connectivity index (χ3n) is 3.63. The lowest BCUT2D eigenvalue weighted by molar-refractivity contribution is 0.0600. The summed E-state index contributed by atoms with van der Waals surface area (Å²) in [7, 11) is 1.38. The van der Waals surface area contributed by atoms with Gasteiger partial charge < -0.3 is 4.74 Å². The zero-order chi connectivity index (χ0) is 18.2. The van der Waals surface area contributed by atoms with Crippen molar-refractivity contribution in [3.63, 3.8) is 0 Å². The van der Waals surface area contributed by atoms with E-state index in [1.54, 1.807) is 12.1 Å². The minimum atomic E-state index is -0.318. The highest BCUT2D eigenvalue weighted by molar-refractivity contribution is 9.10. The molecule has 128 valence electrons. The smallest absolute Gasteiger partial charge is 0.337 e. The molecule has 0 saturated carbocycles. The molecule has 2 nitrogen and oxygen atoms in total. The van der Waals surface area contributed by atoms with E-state index in [0.29, 0.717) is 5.56 Å². The van der Waals surface area contributed by atoms with E-state index in [4.69, 9.17) is 4.74 Å². The van der Waals surface area contributed by atoms with Crippen LogP contribution < -0.4 is 0 Å². The van der Waals surface area contributed by atoms with Gasteiger partial charge in [0, 0.05) is 4.47 Å². The molecule has 0 aliphatic heterocycles. The first-order valence-electron chi connectivity index (χ1n) is 8.21. The molecular weight excluding hydrogens is 376 g/mol. The summed E-state index contributed by atoms with van der Waals surface area (Å²) in [5.41, 5.74) is 2.73. The number of benzene rings is 3. The van der Waals surface area contributed by atoms with E-state index >= 15 is 0 Å². The second-order valence-electron chi connectivity index (χ2n) is 5.20. The van der Waals surface area contributed by atoms with Crippen LogP contribution >= 0.6 is 15.9 Å². The third kappa shape index (κ3) is 5.04. The van der Waals surface area contributed by atoms with Crippen molar-refractivity contribution in [1.82, 2.24) is 0 Å². The molecule has 0 aliphatic rings.